The Bertz CT molecular complexity index is 587. The van der Waals surface area contributed by atoms with Gasteiger partial charge in [-0.25, -0.2) is 0 Å². The Morgan fingerprint density at radius 1 is 1.25 bits per heavy atom. The number of nitrogens with zero attached hydrogens (tertiary/aromatic N) is 2. The highest BCUT2D eigenvalue weighted by Gasteiger charge is 2.64. The molecule has 2 aliphatic heterocycles. The molecule has 2 aliphatic rings. The van der Waals surface area contributed by atoms with E-state index in [0.717, 1.165) is 5.56 Å². The number of benzene rings is 1. The quantitative estimate of drug-likeness (QED) is 0.909. The molecule has 0 saturated carbocycles. The molecule has 2 heterocycles. The molecule has 2 saturated heterocycles. The molecular formula is C17H21F3N2O2. The van der Waals surface area contributed by atoms with E-state index in [1.54, 1.807) is 4.90 Å². The average molecular weight is 342 g/mol. The Morgan fingerprint density at radius 2 is 1.92 bits per heavy atom. The lowest BCUT2D eigenvalue weighted by Crippen LogP contribution is -2.60. The summed E-state index contributed by atoms with van der Waals surface area (Å²) in [6.45, 7) is 0.688. The Hall–Kier alpha value is -1.60. The van der Waals surface area contributed by atoms with Gasteiger partial charge in [-0.05, 0) is 18.5 Å². The monoisotopic (exact) mass is 342 g/mol. The van der Waals surface area contributed by atoms with Gasteiger partial charge in [-0.1, -0.05) is 30.3 Å². The zero-order valence-corrected chi connectivity index (χ0v) is 13.3. The predicted molar refractivity (Wildman–Crippen MR) is 82.0 cm³/mol. The molecule has 1 amide bonds. The average Bonchev–Trinajstić information content (AvgIpc) is 2.92. The van der Waals surface area contributed by atoms with Crippen molar-refractivity contribution in [2.24, 2.45) is 11.3 Å². The van der Waals surface area contributed by atoms with Crippen LogP contribution < -0.4 is 0 Å². The Balaban J connectivity index is 1.73. The minimum atomic E-state index is -4.57. The number of carbonyl (C=O) groups excluding carboxylic acids is 1. The van der Waals surface area contributed by atoms with Gasteiger partial charge < -0.3 is 10.0 Å². The van der Waals surface area contributed by atoms with Gasteiger partial charge in [0.05, 0.1) is 0 Å². The smallest absolute Gasteiger partial charge is 0.396 e. The molecule has 4 nitrogen and oxygen atoms in total. The lowest BCUT2D eigenvalue weighted by Gasteiger charge is -2.43. The molecule has 3 rings (SSSR count). The fraction of sp³-hybridized carbons (Fsp3) is 0.588. The van der Waals surface area contributed by atoms with Crippen LogP contribution in [0.3, 0.4) is 0 Å². The van der Waals surface area contributed by atoms with Crippen molar-refractivity contribution < 1.29 is 23.1 Å². The highest BCUT2D eigenvalue weighted by atomic mass is 19.4. The maximum absolute atomic E-state index is 13.8. The van der Waals surface area contributed by atoms with Crippen LogP contribution in [0.1, 0.15) is 12.0 Å². The van der Waals surface area contributed by atoms with Crippen molar-refractivity contribution in [2.75, 3.05) is 32.8 Å². The van der Waals surface area contributed by atoms with E-state index in [4.69, 9.17) is 5.11 Å². The number of alkyl halides is 3. The van der Waals surface area contributed by atoms with Gasteiger partial charge in [-0.3, -0.25) is 9.69 Å². The molecule has 132 valence electrons. The largest absolute Gasteiger partial charge is 0.404 e. The number of carbonyl (C=O) groups is 1. The van der Waals surface area contributed by atoms with Crippen LogP contribution in [0.4, 0.5) is 13.2 Å². The lowest BCUT2D eigenvalue weighted by molar-refractivity contribution is -0.226. The topological polar surface area (TPSA) is 43.8 Å². The first kappa shape index (κ1) is 17.2. The van der Waals surface area contributed by atoms with Crippen molar-refractivity contribution in [3.8, 4) is 0 Å². The van der Waals surface area contributed by atoms with Crippen LogP contribution in [0.15, 0.2) is 30.3 Å². The van der Waals surface area contributed by atoms with E-state index in [1.807, 2.05) is 30.3 Å². The first-order valence-electron chi connectivity index (χ1n) is 8.09. The third kappa shape index (κ3) is 3.02. The lowest BCUT2D eigenvalue weighted by atomic mass is 9.82. The van der Waals surface area contributed by atoms with Crippen molar-refractivity contribution >= 4 is 5.91 Å². The summed E-state index contributed by atoms with van der Waals surface area (Å²) in [7, 11) is 0. The van der Waals surface area contributed by atoms with Crippen molar-refractivity contribution in [3.05, 3.63) is 35.9 Å². The maximum Gasteiger partial charge on any atom is 0.404 e. The van der Waals surface area contributed by atoms with E-state index in [9.17, 15) is 18.0 Å². The number of rotatable bonds is 4. The third-order valence-corrected chi connectivity index (χ3v) is 5.05. The minimum absolute atomic E-state index is 0.0943. The number of likely N-dealkylation sites (tertiary alicyclic amines) is 2. The van der Waals surface area contributed by atoms with Gasteiger partial charge in [0, 0.05) is 38.7 Å². The molecule has 0 aromatic heterocycles. The molecule has 0 aliphatic carbocycles. The summed E-state index contributed by atoms with van der Waals surface area (Å²) in [4.78, 5) is 15.5. The van der Waals surface area contributed by atoms with E-state index in [2.05, 4.69) is 0 Å². The molecule has 1 N–H and O–H groups in total. The fourth-order valence-electron chi connectivity index (χ4n) is 3.55. The standard InChI is InChI=1S/C17H21F3N2O2/c18-17(19,20)16(15(24)22-9-14(10-22)11-23)6-7-21(12-16)8-13-4-2-1-3-5-13/h1-5,14,23H,6-12H2. The second-order valence-corrected chi connectivity index (χ2v) is 6.78. The van der Waals surface area contributed by atoms with Crippen molar-refractivity contribution in [3.63, 3.8) is 0 Å². The normalized spacial score (nSPS) is 25.8. The van der Waals surface area contributed by atoms with Crippen LogP contribution in [-0.4, -0.2) is 59.8 Å². The molecule has 1 atom stereocenters. The summed E-state index contributed by atoms with van der Waals surface area (Å²) in [6.07, 6.45) is -4.78. The highest BCUT2D eigenvalue weighted by molar-refractivity contribution is 5.85. The molecule has 0 radical (unpaired) electrons. The third-order valence-electron chi connectivity index (χ3n) is 5.05. The summed E-state index contributed by atoms with van der Waals surface area (Å²) in [5.41, 5.74) is -1.38. The first-order chi connectivity index (χ1) is 11.4. The van der Waals surface area contributed by atoms with Crippen LogP contribution >= 0.6 is 0 Å². The number of hydrogen-bond donors (Lipinski definition) is 1. The Kier molecular flexibility index (Phi) is 4.57. The zero-order valence-electron chi connectivity index (χ0n) is 13.3. The summed E-state index contributed by atoms with van der Waals surface area (Å²) < 4.78 is 41.3. The summed E-state index contributed by atoms with van der Waals surface area (Å²) in [5.74, 6) is -0.934. The van der Waals surface area contributed by atoms with Gasteiger partial charge in [0.1, 0.15) is 0 Å². The van der Waals surface area contributed by atoms with Gasteiger partial charge in [-0.2, -0.15) is 13.2 Å². The predicted octanol–water partition coefficient (Wildman–Crippen LogP) is 1.89. The number of halogens is 3. The summed E-state index contributed by atoms with van der Waals surface area (Å²) >= 11 is 0. The van der Waals surface area contributed by atoms with Gasteiger partial charge in [-0.15, -0.1) is 0 Å². The molecule has 0 spiro atoms. The van der Waals surface area contributed by atoms with Gasteiger partial charge in [0.25, 0.3) is 0 Å². The number of hydrogen-bond acceptors (Lipinski definition) is 3. The van der Waals surface area contributed by atoms with E-state index in [0.29, 0.717) is 6.54 Å². The van der Waals surface area contributed by atoms with Crippen LogP contribution in [0.2, 0.25) is 0 Å². The second kappa shape index (κ2) is 6.37. The first-order valence-corrected chi connectivity index (χ1v) is 8.09. The number of aliphatic hydroxyl groups excluding tert-OH is 1. The Labute approximate surface area is 138 Å². The SMILES string of the molecule is O=C(N1CC(CO)C1)C1(C(F)(F)F)CCN(Cc2ccccc2)C1. The molecule has 0 bridgehead atoms. The van der Waals surface area contributed by atoms with E-state index in [-0.39, 0.29) is 45.1 Å². The Morgan fingerprint density at radius 3 is 2.50 bits per heavy atom. The second-order valence-electron chi connectivity index (χ2n) is 6.78. The molecule has 2 fully saturated rings. The molecular weight excluding hydrogens is 321 g/mol. The van der Waals surface area contributed by atoms with Gasteiger partial charge in [0.15, 0.2) is 5.41 Å². The van der Waals surface area contributed by atoms with E-state index >= 15 is 0 Å². The molecule has 1 aromatic carbocycles. The van der Waals surface area contributed by atoms with Gasteiger partial charge >= 0.3 is 6.18 Å². The number of amides is 1. The fourth-order valence-corrected chi connectivity index (χ4v) is 3.55. The zero-order chi connectivity index (χ0) is 17.4. The highest BCUT2D eigenvalue weighted by Crippen LogP contribution is 2.47. The maximum atomic E-state index is 13.8. The minimum Gasteiger partial charge on any atom is -0.396 e. The van der Waals surface area contributed by atoms with Crippen LogP contribution in [0.25, 0.3) is 0 Å². The molecule has 1 aromatic rings. The summed E-state index contributed by atoms with van der Waals surface area (Å²) in [5, 5.41) is 9.01. The van der Waals surface area contributed by atoms with E-state index < -0.39 is 17.5 Å². The van der Waals surface area contributed by atoms with Crippen LogP contribution in [0.5, 0.6) is 0 Å². The number of aliphatic hydroxyl groups is 1. The van der Waals surface area contributed by atoms with Crippen LogP contribution in [0, 0.1) is 11.3 Å². The van der Waals surface area contributed by atoms with Gasteiger partial charge in [0.2, 0.25) is 5.91 Å². The molecule has 1 unspecified atom stereocenters. The molecule has 7 heteroatoms. The van der Waals surface area contributed by atoms with Crippen molar-refractivity contribution in [1.82, 2.24) is 9.80 Å². The van der Waals surface area contributed by atoms with E-state index in [1.165, 1.54) is 4.90 Å². The summed E-state index contributed by atoms with van der Waals surface area (Å²) in [6, 6.07) is 9.30. The molecule has 24 heavy (non-hydrogen) atoms. The van der Waals surface area contributed by atoms with Crippen molar-refractivity contribution in [2.45, 2.75) is 19.1 Å². The van der Waals surface area contributed by atoms with Crippen LogP contribution in [-0.2, 0) is 11.3 Å². The van der Waals surface area contributed by atoms with Crippen molar-refractivity contribution in [1.29, 1.82) is 0 Å².